The number of rotatable bonds is 5. The molecule has 0 amide bonds. The van der Waals surface area contributed by atoms with E-state index < -0.39 is 0 Å². The van der Waals surface area contributed by atoms with Crippen LogP contribution in [0.2, 0.25) is 0 Å². The predicted molar refractivity (Wildman–Crippen MR) is 106 cm³/mol. The first-order chi connectivity index (χ1) is 13.2. The molecule has 0 N–H and O–H groups in total. The smallest absolute Gasteiger partial charge is 0.172 e. The van der Waals surface area contributed by atoms with Gasteiger partial charge in [0.1, 0.15) is 6.10 Å². The zero-order valence-corrected chi connectivity index (χ0v) is 15.9. The third-order valence-corrected chi connectivity index (χ3v) is 5.71. The van der Waals surface area contributed by atoms with Crippen LogP contribution in [0.15, 0.2) is 48.5 Å². The molecule has 2 aromatic rings. The monoisotopic (exact) mass is 365 g/mol. The van der Waals surface area contributed by atoms with Gasteiger partial charge in [-0.05, 0) is 50.6 Å². The Kier molecular flexibility index (Phi) is 5.44. The van der Waals surface area contributed by atoms with Gasteiger partial charge >= 0.3 is 0 Å². The van der Waals surface area contributed by atoms with E-state index in [2.05, 4.69) is 11.9 Å². The lowest BCUT2D eigenvalue weighted by atomic mass is 9.96. The summed E-state index contributed by atoms with van der Waals surface area (Å²) in [6.45, 7) is 1.81. The molecule has 2 aliphatic heterocycles. The van der Waals surface area contributed by atoms with Crippen molar-refractivity contribution < 1.29 is 14.3 Å². The topological polar surface area (TPSA) is 38.8 Å². The summed E-state index contributed by atoms with van der Waals surface area (Å²) in [5, 5.41) is 0. The van der Waals surface area contributed by atoms with Gasteiger partial charge in [-0.2, -0.15) is 0 Å². The molecule has 27 heavy (non-hydrogen) atoms. The SMILES string of the molecule is CN1CCCCC1CCOc1cccc2c1O[C@@H](c1ccccc1)CC2=O. The number of benzene rings is 2. The van der Waals surface area contributed by atoms with E-state index in [1.165, 1.54) is 25.8 Å². The van der Waals surface area contributed by atoms with E-state index >= 15 is 0 Å². The van der Waals surface area contributed by atoms with Crippen molar-refractivity contribution in [3.8, 4) is 11.5 Å². The maximum Gasteiger partial charge on any atom is 0.172 e. The number of para-hydroxylation sites is 1. The Morgan fingerprint density at radius 3 is 2.78 bits per heavy atom. The molecule has 1 fully saturated rings. The zero-order chi connectivity index (χ0) is 18.6. The summed E-state index contributed by atoms with van der Waals surface area (Å²) < 4.78 is 12.3. The van der Waals surface area contributed by atoms with Crippen LogP contribution in [-0.2, 0) is 0 Å². The van der Waals surface area contributed by atoms with Crippen LogP contribution in [0, 0.1) is 0 Å². The van der Waals surface area contributed by atoms with Crippen LogP contribution in [0.4, 0.5) is 0 Å². The number of Topliss-reactive ketones (excluding diaryl/α,β-unsaturated/α-hetero) is 1. The summed E-state index contributed by atoms with van der Waals surface area (Å²) in [6, 6.07) is 16.1. The molecule has 4 nitrogen and oxygen atoms in total. The minimum atomic E-state index is -0.250. The molecule has 4 rings (SSSR count). The molecule has 1 unspecified atom stereocenters. The van der Waals surface area contributed by atoms with E-state index in [1.54, 1.807) is 0 Å². The maximum absolute atomic E-state index is 12.6. The summed E-state index contributed by atoms with van der Waals surface area (Å²) in [6.07, 6.45) is 4.94. The number of ether oxygens (including phenoxy) is 2. The van der Waals surface area contributed by atoms with Gasteiger partial charge < -0.3 is 14.4 Å². The number of carbonyl (C=O) groups excluding carboxylic acids is 1. The van der Waals surface area contributed by atoms with E-state index in [4.69, 9.17) is 9.47 Å². The lowest BCUT2D eigenvalue weighted by molar-refractivity contribution is 0.0837. The van der Waals surface area contributed by atoms with Crippen LogP contribution in [0.25, 0.3) is 0 Å². The second kappa shape index (κ2) is 8.13. The summed E-state index contributed by atoms with van der Waals surface area (Å²) >= 11 is 0. The molecular weight excluding hydrogens is 338 g/mol. The van der Waals surface area contributed by atoms with E-state index in [0.29, 0.717) is 36.1 Å². The number of hydrogen-bond acceptors (Lipinski definition) is 4. The molecule has 1 saturated heterocycles. The summed E-state index contributed by atoms with van der Waals surface area (Å²) in [7, 11) is 2.19. The van der Waals surface area contributed by atoms with Crippen molar-refractivity contribution in [1.29, 1.82) is 0 Å². The number of carbonyl (C=O) groups is 1. The molecule has 0 aromatic heterocycles. The fourth-order valence-electron chi connectivity index (χ4n) is 4.10. The average molecular weight is 365 g/mol. The molecule has 2 aromatic carbocycles. The van der Waals surface area contributed by atoms with Gasteiger partial charge in [-0.1, -0.05) is 42.8 Å². The molecule has 2 atom stereocenters. The van der Waals surface area contributed by atoms with Crippen LogP contribution in [0.5, 0.6) is 11.5 Å². The van der Waals surface area contributed by atoms with Gasteiger partial charge in [0.25, 0.3) is 0 Å². The van der Waals surface area contributed by atoms with Crippen molar-refractivity contribution in [3.05, 3.63) is 59.7 Å². The second-order valence-corrected chi connectivity index (χ2v) is 7.54. The van der Waals surface area contributed by atoms with E-state index in [9.17, 15) is 4.79 Å². The Balaban J connectivity index is 1.47. The van der Waals surface area contributed by atoms with Crippen molar-refractivity contribution in [1.82, 2.24) is 4.90 Å². The van der Waals surface area contributed by atoms with Crippen LogP contribution < -0.4 is 9.47 Å². The van der Waals surface area contributed by atoms with E-state index in [0.717, 1.165) is 12.0 Å². The van der Waals surface area contributed by atoms with Gasteiger partial charge in [0.15, 0.2) is 17.3 Å². The van der Waals surface area contributed by atoms with Crippen LogP contribution in [0.1, 0.15) is 54.1 Å². The standard InChI is InChI=1S/C23H27NO3/c1-24-14-6-5-10-18(24)13-15-26-21-12-7-11-19-20(25)16-22(27-23(19)21)17-8-3-2-4-9-17/h2-4,7-9,11-12,18,22H,5-6,10,13-16H2,1H3/t18?,22-/m1/s1. The number of fused-ring (bicyclic) bond motifs is 1. The highest BCUT2D eigenvalue weighted by Crippen LogP contribution is 2.41. The highest BCUT2D eigenvalue weighted by Gasteiger charge is 2.30. The van der Waals surface area contributed by atoms with Crippen molar-refractivity contribution in [2.75, 3.05) is 20.2 Å². The quantitative estimate of drug-likeness (QED) is 0.773. The summed E-state index contributed by atoms with van der Waals surface area (Å²) in [5.41, 5.74) is 1.66. The summed E-state index contributed by atoms with van der Waals surface area (Å²) in [4.78, 5) is 15.1. The lowest BCUT2D eigenvalue weighted by Gasteiger charge is -2.32. The molecule has 4 heteroatoms. The number of likely N-dealkylation sites (tertiary alicyclic amines) is 1. The lowest BCUT2D eigenvalue weighted by Crippen LogP contribution is -2.37. The van der Waals surface area contributed by atoms with Gasteiger partial charge in [0, 0.05) is 6.04 Å². The van der Waals surface area contributed by atoms with Crippen molar-refractivity contribution in [2.24, 2.45) is 0 Å². The number of nitrogens with zero attached hydrogens (tertiary/aromatic N) is 1. The minimum Gasteiger partial charge on any atom is -0.490 e. The molecular formula is C23H27NO3. The molecule has 0 spiro atoms. The Bertz CT molecular complexity index is 789. The molecule has 2 heterocycles. The van der Waals surface area contributed by atoms with Gasteiger partial charge in [-0.15, -0.1) is 0 Å². The zero-order valence-electron chi connectivity index (χ0n) is 15.9. The Hall–Kier alpha value is -2.33. The molecule has 0 aliphatic carbocycles. The predicted octanol–water partition coefficient (Wildman–Crippen LogP) is 4.65. The van der Waals surface area contributed by atoms with E-state index in [-0.39, 0.29) is 11.9 Å². The minimum absolute atomic E-state index is 0.113. The Morgan fingerprint density at radius 1 is 1.11 bits per heavy atom. The summed E-state index contributed by atoms with van der Waals surface area (Å²) in [5.74, 6) is 1.39. The maximum atomic E-state index is 12.6. The number of piperidine rings is 1. The molecule has 0 bridgehead atoms. The van der Waals surface area contributed by atoms with Crippen LogP contribution >= 0.6 is 0 Å². The molecule has 142 valence electrons. The number of ketones is 1. The van der Waals surface area contributed by atoms with Crippen molar-refractivity contribution in [2.45, 2.75) is 44.2 Å². The number of hydrogen-bond donors (Lipinski definition) is 0. The van der Waals surface area contributed by atoms with Crippen LogP contribution in [0.3, 0.4) is 0 Å². The molecule has 0 saturated carbocycles. The third kappa shape index (κ3) is 4.01. The largest absolute Gasteiger partial charge is 0.490 e. The fourth-order valence-corrected chi connectivity index (χ4v) is 4.10. The highest BCUT2D eigenvalue weighted by molar-refractivity contribution is 6.00. The van der Waals surface area contributed by atoms with Gasteiger partial charge in [0.2, 0.25) is 0 Å². The third-order valence-electron chi connectivity index (χ3n) is 5.71. The highest BCUT2D eigenvalue weighted by atomic mass is 16.5. The first-order valence-corrected chi connectivity index (χ1v) is 9.93. The first kappa shape index (κ1) is 18.1. The van der Waals surface area contributed by atoms with Gasteiger partial charge in [-0.25, -0.2) is 0 Å². The Morgan fingerprint density at radius 2 is 1.96 bits per heavy atom. The Labute approximate surface area is 161 Å². The van der Waals surface area contributed by atoms with Gasteiger partial charge in [-0.3, -0.25) is 4.79 Å². The normalized spacial score (nSPS) is 22.8. The fraction of sp³-hybridized carbons (Fsp3) is 0.435. The molecule has 0 radical (unpaired) electrons. The second-order valence-electron chi connectivity index (χ2n) is 7.54. The first-order valence-electron chi connectivity index (χ1n) is 9.93. The van der Waals surface area contributed by atoms with E-state index in [1.807, 2.05) is 48.5 Å². The van der Waals surface area contributed by atoms with Crippen LogP contribution in [-0.4, -0.2) is 36.9 Å². The van der Waals surface area contributed by atoms with Gasteiger partial charge in [0.05, 0.1) is 18.6 Å². The van der Waals surface area contributed by atoms with Crippen molar-refractivity contribution in [3.63, 3.8) is 0 Å². The molecule has 2 aliphatic rings. The van der Waals surface area contributed by atoms with Crippen molar-refractivity contribution >= 4 is 5.78 Å². The average Bonchev–Trinajstić information content (AvgIpc) is 2.70.